The Bertz CT molecular complexity index is 645. The van der Waals surface area contributed by atoms with E-state index in [9.17, 15) is 14.4 Å². The quantitative estimate of drug-likeness (QED) is 0.544. The Balaban J connectivity index is 0.000000527. The van der Waals surface area contributed by atoms with E-state index in [0.717, 1.165) is 0 Å². The smallest absolute Gasteiger partial charge is 0.351 e. The van der Waals surface area contributed by atoms with Crippen molar-refractivity contribution in [3.8, 4) is 11.5 Å². The Morgan fingerprint density at radius 1 is 0.741 bits per heavy atom. The van der Waals surface area contributed by atoms with Crippen molar-refractivity contribution in [3.63, 3.8) is 0 Å². The first-order chi connectivity index (χ1) is 13.0. The molecule has 0 atom stereocenters. The molecule has 0 saturated heterocycles. The summed E-state index contributed by atoms with van der Waals surface area (Å²) in [4.78, 5) is 32.7. The standard InChI is InChI=1S/C16H14O5.C4H8O2/c17-15(11-19-13-7-3-1-4-8-13)21-16(18)12-20-14-9-5-2-6-10-14;1-3-6-4(2)5/h1-10H,11-12H2;3H2,1-2H3. The van der Waals surface area contributed by atoms with Gasteiger partial charge in [0, 0.05) is 6.92 Å². The first kappa shape index (κ1) is 21.7. The van der Waals surface area contributed by atoms with Gasteiger partial charge >= 0.3 is 17.9 Å². The number of esters is 3. The summed E-state index contributed by atoms with van der Waals surface area (Å²) in [6, 6.07) is 17.6. The highest BCUT2D eigenvalue weighted by Gasteiger charge is 2.12. The maximum Gasteiger partial charge on any atom is 0.351 e. The molecule has 0 aromatic heterocycles. The van der Waals surface area contributed by atoms with E-state index < -0.39 is 11.9 Å². The van der Waals surface area contributed by atoms with E-state index in [-0.39, 0.29) is 19.2 Å². The van der Waals surface area contributed by atoms with Crippen LogP contribution < -0.4 is 9.47 Å². The molecular formula is C20H22O7. The minimum Gasteiger partial charge on any atom is -0.482 e. The van der Waals surface area contributed by atoms with Crippen molar-refractivity contribution in [1.29, 1.82) is 0 Å². The average molecular weight is 374 g/mol. The lowest BCUT2D eigenvalue weighted by Gasteiger charge is -2.07. The SMILES string of the molecule is CCOC(C)=O.O=C(COc1ccccc1)OC(=O)COc1ccccc1. The second-order valence-electron chi connectivity index (χ2n) is 4.97. The predicted octanol–water partition coefficient (Wildman–Crippen LogP) is 2.78. The van der Waals surface area contributed by atoms with Crippen LogP contribution in [0.5, 0.6) is 11.5 Å². The van der Waals surface area contributed by atoms with Crippen LogP contribution in [0.2, 0.25) is 0 Å². The Morgan fingerprint density at radius 2 is 1.15 bits per heavy atom. The zero-order valence-electron chi connectivity index (χ0n) is 15.3. The molecule has 0 heterocycles. The van der Waals surface area contributed by atoms with Crippen LogP contribution in [-0.4, -0.2) is 37.7 Å². The Morgan fingerprint density at radius 3 is 1.44 bits per heavy atom. The van der Waals surface area contributed by atoms with E-state index in [2.05, 4.69) is 9.47 Å². The van der Waals surface area contributed by atoms with Gasteiger partial charge in [0.15, 0.2) is 13.2 Å². The molecule has 0 unspecified atom stereocenters. The van der Waals surface area contributed by atoms with Crippen molar-refractivity contribution < 1.29 is 33.3 Å². The summed E-state index contributed by atoms with van der Waals surface area (Å²) < 4.78 is 19.3. The van der Waals surface area contributed by atoms with Gasteiger partial charge in [0.25, 0.3) is 0 Å². The zero-order chi connectivity index (χ0) is 19.9. The summed E-state index contributed by atoms with van der Waals surface area (Å²) in [6.07, 6.45) is 0. The lowest BCUT2D eigenvalue weighted by atomic mass is 10.3. The summed E-state index contributed by atoms with van der Waals surface area (Å²) in [5, 5.41) is 0. The van der Waals surface area contributed by atoms with Gasteiger partial charge in [0.2, 0.25) is 0 Å². The van der Waals surface area contributed by atoms with Gasteiger partial charge in [-0.15, -0.1) is 0 Å². The van der Waals surface area contributed by atoms with Crippen LogP contribution in [0.1, 0.15) is 13.8 Å². The Labute approximate surface area is 157 Å². The number of carbonyl (C=O) groups is 3. The predicted molar refractivity (Wildman–Crippen MR) is 97.3 cm³/mol. The number of benzene rings is 2. The average Bonchev–Trinajstić information content (AvgIpc) is 2.67. The lowest BCUT2D eigenvalue weighted by molar-refractivity contribution is -0.162. The molecule has 0 bridgehead atoms. The van der Waals surface area contributed by atoms with Gasteiger partial charge in [-0.2, -0.15) is 0 Å². The third-order valence-electron chi connectivity index (χ3n) is 2.78. The molecule has 0 fully saturated rings. The minimum absolute atomic E-state index is 0.211. The highest BCUT2D eigenvalue weighted by Crippen LogP contribution is 2.09. The summed E-state index contributed by atoms with van der Waals surface area (Å²) in [5.74, 6) is -0.677. The molecule has 0 amide bonds. The van der Waals surface area contributed by atoms with Gasteiger partial charge in [-0.3, -0.25) is 4.79 Å². The summed E-state index contributed by atoms with van der Waals surface area (Å²) >= 11 is 0. The highest BCUT2D eigenvalue weighted by molar-refractivity contribution is 5.86. The van der Waals surface area contributed by atoms with Crippen molar-refractivity contribution in [2.75, 3.05) is 19.8 Å². The molecule has 2 aromatic carbocycles. The van der Waals surface area contributed by atoms with Crippen LogP contribution in [-0.2, 0) is 23.9 Å². The van der Waals surface area contributed by atoms with Gasteiger partial charge in [0.05, 0.1) is 6.61 Å². The molecule has 0 aliphatic carbocycles. The third kappa shape index (κ3) is 11.0. The molecule has 0 spiro atoms. The van der Waals surface area contributed by atoms with Crippen molar-refractivity contribution in [3.05, 3.63) is 60.7 Å². The van der Waals surface area contributed by atoms with Gasteiger partial charge in [-0.05, 0) is 31.2 Å². The Hall–Kier alpha value is -3.35. The maximum atomic E-state index is 11.4. The minimum atomic E-state index is -0.763. The second kappa shape index (κ2) is 12.9. The molecule has 7 heteroatoms. The van der Waals surface area contributed by atoms with Gasteiger partial charge in [-0.1, -0.05) is 36.4 Å². The molecule has 0 aliphatic rings. The zero-order valence-corrected chi connectivity index (χ0v) is 15.3. The molecule has 0 radical (unpaired) electrons. The summed E-state index contributed by atoms with van der Waals surface area (Å²) in [7, 11) is 0. The normalized spacial score (nSPS) is 9.26. The fourth-order valence-corrected chi connectivity index (χ4v) is 1.71. The van der Waals surface area contributed by atoms with E-state index in [1.165, 1.54) is 6.92 Å². The second-order valence-corrected chi connectivity index (χ2v) is 4.97. The molecule has 2 rings (SSSR count). The van der Waals surface area contributed by atoms with E-state index in [1.54, 1.807) is 55.5 Å². The van der Waals surface area contributed by atoms with Crippen LogP contribution in [0.3, 0.4) is 0 Å². The summed E-state index contributed by atoms with van der Waals surface area (Å²) in [5.41, 5.74) is 0. The van der Waals surface area contributed by atoms with Crippen LogP contribution in [0.25, 0.3) is 0 Å². The van der Waals surface area contributed by atoms with Crippen molar-refractivity contribution in [2.45, 2.75) is 13.8 Å². The fourth-order valence-electron chi connectivity index (χ4n) is 1.71. The van der Waals surface area contributed by atoms with Crippen molar-refractivity contribution in [2.24, 2.45) is 0 Å². The Kier molecular flexibility index (Phi) is 10.4. The van der Waals surface area contributed by atoms with Crippen molar-refractivity contribution in [1.82, 2.24) is 0 Å². The molecule has 0 saturated carbocycles. The summed E-state index contributed by atoms with van der Waals surface area (Å²) in [6.45, 7) is 2.99. The highest BCUT2D eigenvalue weighted by atomic mass is 16.6. The number of hydrogen-bond donors (Lipinski definition) is 0. The topological polar surface area (TPSA) is 88.1 Å². The number of rotatable bonds is 7. The number of carbonyl (C=O) groups excluding carboxylic acids is 3. The number of ether oxygens (including phenoxy) is 4. The van der Waals surface area contributed by atoms with E-state index in [1.807, 2.05) is 12.1 Å². The van der Waals surface area contributed by atoms with E-state index in [4.69, 9.17) is 9.47 Å². The molecule has 0 N–H and O–H groups in total. The molecule has 2 aromatic rings. The molecule has 0 aliphatic heterocycles. The van der Waals surface area contributed by atoms with Gasteiger partial charge < -0.3 is 18.9 Å². The monoisotopic (exact) mass is 374 g/mol. The van der Waals surface area contributed by atoms with Gasteiger partial charge in [0.1, 0.15) is 11.5 Å². The molecule has 27 heavy (non-hydrogen) atoms. The maximum absolute atomic E-state index is 11.4. The van der Waals surface area contributed by atoms with E-state index in [0.29, 0.717) is 18.1 Å². The molecule has 7 nitrogen and oxygen atoms in total. The van der Waals surface area contributed by atoms with Crippen LogP contribution in [0, 0.1) is 0 Å². The van der Waals surface area contributed by atoms with Crippen LogP contribution >= 0.6 is 0 Å². The van der Waals surface area contributed by atoms with Crippen LogP contribution in [0.4, 0.5) is 0 Å². The molecule has 144 valence electrons. The fraction of sp³-hybridized carbons (Fsp3) is 0.250. The largest absolute Gasteiger partial charge is 0.482 e. The third-order valence-corrected chi connectivity index (χ3v) is 2.78. The van der Waals surface area contributed by atoms with E-state index >= 15 is 0 Å². The van der Waals surface area contributed by atoms with Crippen molar-refractivity contribution >= 4 is 17.9 Å². The first-order valence-electron chi connectivity index (χ1n) is 8.23. The number of para-hydroxylation sites is 2. The lowest BCUT2D eigenvalue weighted by Crippen LogP contribution is -2.23. The number of hydrogen-bond acceptors (Lipinski definition) is 7. The van der Waals surface area contributed by atoms with Crippen LogP contribution in [0.15, 0.2) is 60.7 Å². The first-order valence-corrected chi connectivity index (χ1v) is 8.23. The molecular weight excluding hydrogens is 352 g/mol. The van der Waals surface area contributed by atoms with Gasteiger partial charge in [-0.25, -0.2) is 9.59 Å².